The molecule has 0 saturated carbocycles. The van der Waals surface area contributed by atoms with E-state index >= 15 is 0 Å². The molecule has 30 heavy (non-hydrogen) atoms. The van der Waals surface area contributed by atoms with Gasteiger partial charge in [-0.1, -0.05) is 33.6 Å². The fourth-order valence-corrected chi connectivity index (χ4v) is 2.99. The molecule has 2 atom stereocenters. The van der Waals surface area contributed by atoms with E-state index in [4.69, 9.17) is 14.7 Å². The van der Waals surface area contributed by atoms with Crippen molar-refractivity contribution in [3.8, 4) is 5.75 Å². The molecule has 0 unspecified atom stereocenters. The van der Waals surface area contributed by atoms with Crippen molar-refractivity contribution >= 4 is 33.6 Å². The standard InChI is InChI=1S/C21H23BrN2O6/c1-3-29-18(10-11-19(26)24-28)20(16-12-14(22)6-9-17(16)25)30-21(27)23-15-7-4-13(2)5-8-15/h4-12,18,20,25,28H,3H2,1-2H3,(H,23,27)(H,24,26)/b11-10+/t18-,20-/m0/s1. The predicted molar refractivity (Wildman–Crippen MR) is 114 cm³/mol. The third-order valence-electron chi connectivity index (χ3n) is 4.03. The third-order valence-corrected chi connectivity index (χ3v) is 4.53. The summed E-state index contributed by atoms with van der Waals surface area (Å²) in [5, 5.41) is 21.7. The maximum absolute atomic E-state index is 12.6. The average Bonchev–Trinajstić information content (AvgIpc) is 2.73. The molecule has 2 rings (SSSR count). The number of benzene rings is 2. The topological polar surface area (TPSA) is 117 Å². The van der Waals surface area contributed by atoms with Crippen molar-refractivity contribution < 1.29 is 29.4 Å². The van der Waals surface area contributed by atoms with Crippen LogP contribution in [0.1, 0.15) is 24.2 Å². The number of nitrogens with one attached hydrogen (secondary N) is 2. The lowest BCUT2D eigenvalue weighted by Gasteiger charge is -2.26. The minimum Gasteiger partial charge on any atom is -0.508 e. The van der Waals surface area contributed by atoms with E-state index in [9.17, 15) is 14.7 Å². The van der Waals surface area contributed by atoms with Gasteiger partial charge >= 0.3 is 6.09 Å². The Hall–Kier alpha value is -2.88. The molecule has 8 nitrogen and oxygen atoms in total. The van der Waals surface area contributed by atoms with Crippen molar-refractivity contribution in [1.82, 2.24) is 5.48 Å². The summed E-state index contributed by atoms with van der Waals surface area (Å²) in [5.41, 5.74) is 3.33. The van der Waals surface area contributed by atoms with Crippen LogP contribution >= 0.6 is 15.9 Å². The van der Waals surface area contributed by atoms with Crippen LogP contribution in [-0.2, 0) is 14.3 Å². The van der Waals surface area contributed by atoms with Crippen molar-refractivity contribution in [2.75, 3.05) is 11.9 Å². The van der Waals surface area contributed by atoms with E-state index in [-0.39, 0.29) is 17.9 Å². The summed E-state index contributed by atoms with van der Waals surface area (Å²) in [6.07, 6.45) is -0.400. The Morgan fingerprint density at radius 3 is 2.53 bits per heavy atom. The fraction of sp³-hybridized carbons (Fsp3) is 0.238. The Balaban J connectivity index is 2.34. The normalized spacial score (nSPS) is 12.9. The average molecular weight is 479 g/mol. The van der Waals surface area contributed by atoms with Crippen LogP contribution < -0.4 is 10.8 Å². The van der Waals surface area contributed by atoms with Crippen LogP contribution in [0, 0.1) is 6.92 Å². The number of rotatable bonds is 8. The number of amides is 2. The van der Waals surface area contributed by atoms with Gasteiger partial charge in [0, 0.05) is 28.4 Å². The maximum Gasteiger partial charge on any atom is 0.412 e. The van der Waals surface area contributed by atoms with Crippen molar-refractivity contribution in [2.45, 2.75) is 26.1 Å². The lowest BCUT2D eigenvalue weighted by atomic mass is 10.0. The molecule has 2 aromatic rings. The molecule has 0 aliphatic heterocycles. The van der Waals surface area contributed by atoms with Crippen molar-refractivity contribution in [1.29, 1.82) is 0 Å². The van der Waals surface area contributed by atoms with Crippen LogP contribution in [0.15, 0.2) is 59.1 Å². The molecule has 2 aromatic carbocycles. The first-order chi connectivity index (χ1) is 14.3. The lowest BCUT2D eigenvalue weighted by molar-refractivity contribution is -0.124. The zero-order chi connectivity index (χ0) is 22.1. The quantitative estimate of drug-likeness (QED) is 0.256. The van der Waals surface area contributed by atoms with Gasteiger partial charge in [0.2, 0.25) is 0 Å². The van der Waals surface area contributed by atoms with Gasteiger partial charge in [-0.15, -0.1) is 0 Å². The molecule has 2 amide bonds. The van der Waals surface area contributed by atoms with Crippen LogP contribution in [0.25, 0.3) is 0 Å². The molecule has 0 aliphatic rings. The Morgan fingerprint density at radius 2 is 1.90 bits per heavy atom. The summed E-state index contributed by atoms with van der Waals surface area (Å²) in [4.78, 5) is 24.0. The highest BCUT2D eigenvalue weighted by Crippen LogP contribution is 2.34. The summed E-state index contributed by atoms with van der Waals surface area (Å²) < 4.78 is 11.9. The number of phenols is 1. The van der Waals surface area contributed by atoms with Gasteiger partial charge in [0.15, 0.2) is 6.10 Å². The van der Waals surface area contributed by atoms with Gasteiger partial charge in [-0.2, -0.15) is 0 Å². The molecule has 4 N–H and O–H groups in total. The SMILES string of the molecule is CCO[C@@H](/C=C/C(=O)NO)[C@@H](OC(=O)Nc1ccc(C)cc1)c1cc(Br)ccc1O. The first-order valence-electron chi connectivity index (χ1n) is 9.10. The maximum atomic E-state index is 12.6. The first kappa shape index (κ1) is 23.4. The summed E-state index contributed by atoms with van der Waals surface area (Å²) in [7, 11) is 0. The van der Waals surface area contributed by atoms with Crippen LogP contribution in [0.5, 0.6) is 5.75 Å². The number of aryl methyl sites for hydroxylation is 1. The molecular formula is C21H23BrN2O6. The van der Waals surface area contributed by atoms with E-state index in [2.05, 4.69) is 21.2 Å². The van der Waals surface area contributed by atoms with Gasteiger partial charge in [-0.05, 0) is 50.3 Å². The van der Waals surface area contributed by atoms with E-state index in [0.29, 0.717) is 10.2 Å². The highest BCUT2D eigenvalue weighted by molar-refractivity contribution is 9.10. The molecular weight excluding hydrogens is 456 g/mol. The molecule has 0 radical (unpaired) electrons. The largest absolute Gasteiger partial charge is 0.508 e. The van der Waals surface area contributed by atoms with Crippen molar-refractivity contribution in [3.05, 3.63) is 70.2 Å². The van der Waals surface area contributed by atoms with Gasteiger partial charge in [0.25, 0.3) is 5.91 Å². The Labute approximate surface area is 182 Å². The number of carbonyl (C=O) groups excluding carboxylic acids is 2. The molecule has 0 aromatic heterocycles. The molecule has 9 heteroatoms. The Bertz CT molecular complexity index is 901. The molecule has 0 saturated heterocycles. The van der Waals surface area contributed by atoms with Crippen molar-refractivity contribution in [2.24, 2.45) is 0 Å². The number of halogens is 1. The zero-order valence-corrected chi connectivity index (χ0v) is 18.0. The van der Waals surface area contributed by atoms with E-state index < -0.39 is 24.2 Å². The van der Waals surface area contributed by atoms with Gasteiger partial charge in [0.05, 0.1) is 0 Å². The number of hydrogen-bond acceptors (Lipinski definition) is 6. The van der Waals surface area contributed by atoms with E-state index in [1.54, 1.807) is 31.2 Å². The van der Waals surface area contributed by atoms with Crippen molar-refractivity contribution in [3.63, 3.8) is 0 Å². The highest BCUT2D eigenvalue weighted by atomic mass is 79.9. The van der Waals surface area contributed by atoms with Crippen LogP contribution in [0.2, 0.25) is 0 Å². The summed E-state index contributed by atoms with van der Waals surface area (Å²) >= 11 is 3.33. The fourth-order valence-electron chi connectivity index (χ4n) is 2.62. The second-order valence-electron chi connectivity index (χ2n) is 6.28. The minimum absolute atomic E-state index is 0.115. The summed E-state index contributed by atoms with van der Waals surface area (Å²) in [6.45, 7) is 3.90. The number of carbonyl (C=O) groups is 2. The second kappa shape index (κ2) is 11.3. The first-order valence-corrected chi connectivity index (χ1v) is 9.90. The number of aromatic hydroxyl groups is 1. The van der Waals surface area contributed by atoms with Gasteiger partial charge < -0.3 is 14.6 Å². The monoisotopic (exact) mass is 478 g/mol. The van der Waals surface area contributed by atoms with E-state index in [1.807, 2.05) is 19.1 Å². The Morgan fingerprint density at radius 1 is 1.20 bits per heavy atom. The lowest BCUT2D eigenvalue weighted by Crippen LogP contribution is -2.28. The van der Waals surface area contributed by atoms with E-state index in [0.717, 1.165) is 11.6 Å². The summed E-state index contributed by atoms with van der Waals surface area (Å²) in [6, 6.07) is 11.8. The molecule has 160 valence electrons. The number of phenolic OH excluding ortho intramolecular Hbond substituents is 1. The Kier molecular flexibility index (Phi) is 8.85. The van der Waals surface area contributed by atoms with Gasteiger partial charge in [-0.25, -0.2) is 10.3 Å². The smallest absolute Gasteiger partial charge is 0.412 e. The van der Waals surface area contributed by atoms with Crippen LogP contribution in [0.4, 0.5) is 10.5 Å². The molecule has 0 aliphatic carbocycles. The van der Waals surface area contributed by atoms with Crippen LogP contribution in [0.3, 0.4) is 0 Å². The molecule has 0 fully saturated rings. The predicted octanol–water partition coefficient (Wildman–Crippen LogP) is 4.22. The second-order valence-corrected chi connectivity index (χ2v) is 7.19. The zero-order valence-electron chi connectivity index (χ0n) is 16.5. The number of anilines is 1. The summed E-state index contributed by atoms with van der Waals surface area (Å²) in [5.74, 6) is -0.892. The van der Waals surface area contributed by atoms with Gasteiger partial charge in [0.1, 0.15) is 11.9 Å². The molecule has 0 bridgehead atoms. The van der Waals surface area contributed by atoms with E-state index in [1.165, 1.54) is 17.6 Å². The third kappa shape index (κ3) is 6.87. The van der Waals surface area contributed by atoms with Crippen LogP contribution in [-0.4, -0.2) is 35.0 Å². The number of ether oxygens (including phenoxy) is 2. The highest BCUT2D eigenvalue weighted by Gasteiger charge is 2.29. The minimum atomic E-state index is -1.09. The molecule has 0 heterocycles. The molecule has 0 spiro atoms. The van der Waals surface area contributed by atoms with Gasteiger partial charge in [-0.3, -0.25) is 15.3 Å². The number of hydrogen-bond donors (Lipinski definition) is 4. The number of hydroxylamine groups is 1.